The Morgan fingerprint density at radius 3 is 2.29 bits per heavy atom. The Labute approximate surface area is 139 Å². The number of benzene rings is 1. The average Bonchev–Trinajstić information content (AvgIpc) is 2.52. The van der Waals surface area contributed by atoms with Crippen LogP contribution in [0.15, 0.2) is 29.2 Å². The van der Waals surface area contributed by atoms with E-state index >= 15 is 0 Å². The first-order valence-corrected chi connectivity index (χ1v) is 9.24. The predicted octanol–water partition coefficient (Wildman–Crippen LogP) is 2.63. The van der Waals surface area contributed by atoms with Crippen LogP contribution in [0.5, 0.6) is 5.75 Å². The standard InChI is InChI=1S/C15H21F3N2O3S/c16-15(17,18)23-13-3-1-2-4-14(13)24(21,22)20-10-12-7-5-11(9-19)6-8-12/h1-4,11-12,20H,5-10,19H2. The van der Waals surface area contributed by atoms with Crippen LogP contribution in [-0.2, 0) is 10.0 Å². The fraction of sp³-hybridized carbons (Fsp3) is 0.600. The van der Waals surface area contributed by atoms with Crippen molar-refractivity contribution >= 4 is 10.0 Å². The Bertz CT molecular complexity index is 642. The van der Waals surface area contributed by atoms with Crippen molar-refractivity contribution < 1.29 is 26.3 Å². The number of ether oxygens (including phenoxy) is 1. The molecule has 1 fully saturated rings. The fourth-order valence-electron chi connectivity index (χ4n) is 2.86. The number of hydrogen-bond donors (Lipinski definition) is 2. The van der Waals surface area contributed by atoms with E-state index in [0.717, 1.165) is 37.8 Å². The van der Waals surface area contributed by atoms with E-state index in [0.29, 0.717) is 12.5 Å². The van der Waals surface area contributed by atoms with Crippen LogP contribution in [-0.4, -0.2) is 27.9 Å². The molecule has 1 aromatic rings. The molecule has 9 heteroatoms. The maximum Gasteiger partial charge on any atom is 0.573 e. The first-order chi connectivity index (χ1) is 11.2. The zero-order chi connectivity index (χ0) is 17.8. The van der Waals surface area contributed by atoms with Crippen LogP contribution in [0.4, 0.5) is 13.2 Å². The second kappa shape index (κ2) is 7.71. The van der Waals surface area contributed by atoms with E-state index in [9.17, 15) is 21.6 Å². The summed E-state index contributed by atoms with van der Waals surface area (Å²) >= 11 is 0. The van der Waals surface area contributed by atoms with E-state index in [-0.39, 0.29) is 12.5 Å². The van der Waals surface area contributed by atoms with E-state index in [1.807, 2.05) is 0 Å². The normalized spacial score (nSPS) is 22.3. The number of halogens is 3. The van der Waals surface area contributed by atoms with Crippen molar-refractivity contribution in [2.45, 2.75) is 36.9 Å². The van der Waals surface area contributed by atoms with Gasteiger partial charge in [0, 0.05) is 6.54 Å². The number of para-hydroxylation sites is 1. The highest BCUT2D eigenvalue weighted by atomic mass is 32.2. The van der Waals surface area contributed by atoms with E-state index in [4.69, 9.17) is 5.73 Å². The highest BCUT2D eigenvalue weighted by Gasteiger charge is 2.34. The average molecular weight is 366 g/mol. The quantitative estimate of drug-likeness (QED) is 0.811. The molecule has 3 N–H and O–H groups in total. The zero-order valence-electron chi connectivity index (χ0n) is 13.1. The molecule has 0 unspecified atom stereocenters. The third-order valence-electron chi connectivity index (χ3n) is 4.23. The van der Waals surface area contributed by atoms with Gasteiger partial charge < -0.3 is 10.5 Å². The van der Waals surface area contributed by atoms with Gasteiger partial charge in [0.2, 0.25) is 10.0 Å². The molecular formula is C15H21F3N2O3S. The second-order valence-corrected chi connectivity index (χ2v) is 7.70. The Morgan fingerprint density at radius 1 is 1.12 bits per heavy atom. The molecule has 0 radical (unpaired) electrons. The van der Waals surface area contributed by atoms with Gasteiger partial charge in [0.1, 0.15) is 10.6 Å². The molecule has 0 bridgehead atoms. The molecule has 0 saturated heterocycles. The molecule has 0 heterocycles. The van der Waals surface area contributed by atoms with Gasteiger partial charge in [-0.1, -0.05) is 12.1 Å². The largest absolute Gasteiger partial charge is 0.573 e. The number of hydrogen-bond acceptors (Lipinski definition) is 4. The van der Waals surface area contributed by atoms with Crippen molar-refractivity contribution in [3.8, 4) is 5.75 Å². The van der Waals surface area contributed by atoms with Crippen LogP contribution in [0, 0.1) is 11.8 Å². The first kappa shape index (κ1) is 19.0. The smallest absolute Gasteiger partial charge is 0.404 e. The van der Waals surface area contributed by atoms with Crippen LogP contribution in [0.25, 0.3) is 0 Å². The minimum atomic E-state index is -4.95. The predicted molar refractivity (Wildman–Crippen MR) is 82.8 cm³/mol. The minimum absolute atomic E-state index is 0.165. The first-order valence-electron chi connectivity index (χ1n) is 7.76. The number of nitrogens with one attached hydrogen (secondary N) is 1. The summed E-state index contributed by atoms with van der Waals surface area (Å²) in [6.07, 6.45) is -1.37. The van der Waals surface area contributed by atoms with Gasteiger partial charge in [-0.2, -0.15) is 0 Å². The topological polar surface area (TPSA) is 81.4 Å². The number of nitrogens with two attached hydrogens (primary N) is 1. The number of rotatable bonds is 6. The summed E-state index contributed by atoms with van der Waals surface area (Å²) in [6.45, 7) is 0.820. The molecule has 1 aliphatic carbocycles. The van der Waals surface area contributed by atoms with E-state index in [1.165, 1.54) is 12.1 Å². The monoisotopic (exact) mass is 366 g/mol. The summed E-state index contributed by atoms with van der Waals surface area (Å²) in [6, 6.07) is 4.71. The van der Waals surface area contributed by atoms with Gasteiger partial charge in [0.25, 0.3) is 0 Å². The summed E-state index contributed by atoms with van der Waals surface area (Å²) in [7, 11) is -4.08. The molecule has 0 aromatic heterocycles. The van der Waals surface area contributed by atoms with Crippen LogP contribution < -0.4 is 15.2 Å². The fourth-order valence-corrected chi connectivity index (χ4v) is 4.10. The van der Waals surface area contributed by atoms with Crippen molar-refractivity contribution in [3.63, 3.8) is 0 Å². The van der Waals surface area contributed by atoms with Crippen LogP contribution >= 0.6 is 0 Å². The zero-order valence-corrected chi connectivity index (χ0v) is 13.9. The molecule has 24 heavy (non-hydrogen) atoms. The van der Waals surface area contributed by atoms with Crippen molar-refractivity contribution in [1.82, 2.24) is 4.72 Å². The SMILES string of the molecule is NCC1CCC(CNS(=O)(=O)c2ccccc2OC(F)(F)F)CC1. The molecule has 1 saturated carbocycles. The highest BCUT2D eigenvalue weighted by Crippen LogP contribution is 2.30. The lowest BCUT2D eigenvalue weighted by Crippen LogP contribution is -2.33. The van der Waals surface area contributed by atoms with Gasteiger partial charge in [-0.05, 0) is 56.2 Å². The van der Waals surface area contributed by atoms with Crippen molar-refractivity contribution in [2.75, 3.05) is 13.1 Å². The summed E-state index contributed by atoms with van der Waals surface area (Å²) in [5.41, 5.74) is 5.62. The molecule has 0 amide bonds. The van der Waals surface area contributed by atoms with Crippen molar-refractivity contribution in [1.29, 1.82) is 0 Å². The third kappa shape index (κ3) is 5.35. The maximum atomic E-state index is 12.4. The van der Waals surface area contributed by atoms with Gasteiger partial charge in [0.05, 0.1) is 0 Å². The third-order valence-corrected chi connectivity index (χ3v) is 5.69. The van der Waals surface area contributed by atoms with Crippen LogP contribution in [0.1, 0.15) is 25.7 Å². The minimum Gasteiger partial charge on any atom is -0.404 e. The lowest BCUT2D eigenvalue weighted by atomic mass is 9.82. The van der Waals surface area contributed by atoms with Crippen molar-refractivity contribution in [2.24, 2.45) is 17.6 Å². The van der Waals surface area contributed by atoms with Gasteiger partial charge in [0.15, 0.2) is 0 Å². The Kier molecular flexibility index (Phi) is 6.11. The van der Waals surface area contributed by atoms with E-state index in [2.05, 4.69) is 9.46 Å². The molecule has 0 aliphatic heterocycles. The highest BCUT2D eigenvalue weighted by molar-refractivity contribution is 7.89. The van der Waals surface area contributed by atoms with Gasteiger partial charge in [-0.15, -0.1) is 13.2 Å². The van der Waals surface area contributed by atoms with Gasteiger partial charge >= 0.3 is 6.36 Å². The molecule has 2 rings (SSSR count). The molecule has 1 aliphatic rings. The Balaban J connectivity index is 2.03. The molecular weight excluding hydrogens is 345 g/mol. The Morgan fingerprint density at radius 2 is 1.71 bits per heavy atom. The van der Waals surface area contributed by atoms with E-state index in [1.54, 1.807) is 0 Å². The lowest BCUT2D eigenvalue weighted by molar-refractivity contribution is -0.275. The van der Waals surface area contributed by atoms with Gasteiger partial charge in [-0.25, -0.2) is 13.1 Å². The van der Waals surface area contributed by atoms with Crippen LogP contribution in [0.2, 0.25) is 0 Å². The summed E-state index contributed by atoms with van der Waals surface area (Å²) in [5, 5.41) is 0. The Hall–Kier alpha value is -1.32. The molecule has 136 valence electrons. The summed E-state index contributed by atoms with van der Waals surface area (Å²) in [4.78, 5) is -0.516. The summed E-state index contributed by atoms with van der Waals surface area (Å²) < 4.78 is 68.1. The van der Waals surface area contributed by atoms with E-state index < -0.39 is 27.0 Å². The number of sulfonamides is 1. The maximum absolute atomic E-state index is 12.4. The van der Waals surface area contributed by atoms with Crippen LogP contribution in [0.3, 0.4) is 0 Å². The second-order valence-electron chi connectivity index (χ2n) is 5.97. The lowest BCUT2D eigenvalue weighted by Gasteiger charge is -2.27. The number of alkyl halides is 3. The molecule has 0 atom stereocenters. The van der Waals surface area contributed by atoms with Crippen molar-refractivity contribution in [3.05, 3.63) is 24.3 Å². The molecule has 1 aromatic carbocycles. The van der Waals surface area contributed by atoms with Gasteiger partial charge in [-0.3, -0.25) is 0 Å². The molecule has 5 nitrogen and oxygen atoms in total. The molecule has 0 spiro atoms. The summed E-state index contributed by atoms with van der Waals surface area (Å²) in [5.74, 6) is -0.0959.